The van der Waals surface area contributed by atoms with E-state index in [-0.39, 0.29) is 111 Å². The van der Waals surface area contributed by atoms with Crippen molar-refractivity contribution in [3.63, 3.8) is 0 Å². The fourth-order valence-electron chi connectivity index (χ4n) is 13.3. The monoisotopic (exact) mass is 2250 g/mol. The summed E-state index contributed by atoms with van der Waals surface area (Å²) in [5.41, 5.74) is 25.8. The number of aromatic carboxylic acids is 1. The van der Waals surface area contributed by atoms with E-state index in [0.29, 0.717) is 10.3 Å². The maximum absolute atomic E-state index is 11.3. The minimum Gasteiger partial charge on any atom is -1.00 e. The van der Waals surface area contributed by atoms with E-state index in [2.05, 4.69) is 316 Å². The van der Waals surface area contributed by atoms with Gasteiger partial charge < -0.3 is 55.9 Å². The third kappa shape index (κ3) is 39.1. The van der Waals surface area contributed by atoms with E-state index < -0.39 is 13.1 Å². The average Bonchev–Trinajstić information content (AvgIpc) is 1.41. The average molecular weight is 2250 g/mol. The third-order valence-corrected chi connectivity index (χ3v) is 27.2. The number of rotatable bonds is 20. The molecule has 0 atom stereocenters. The minimum absolute atomic E-state index is 0. The first kappa shape index (κ1) is 117. The number of carbonyl (C=O) groups is 3. The van der Waals surface area contributed by atoms with Crippen molar-refractivity contribution in [3.05, 3.63) is 459 Å². The number of carboxylic acid groups (broad SMARTS) is 1. The molecule has 6 aromatic heterocycles. The Kier molecular flexibility index (Phi) is 55.9. The molecular weight excluding hydrogens is 2150 g/mol. The van der Waals surface area contributed by atoms with Crippen molar-refractivity contribution < 1.29 is 109 Å². The van der Waals surface area contributed by atoms with Crippen molar-refractivity contribution in [2.75, 3.05) is 13.2 Å². The van der Waals surface area contributed by atoms with Crippen LogP contribution < -0.4 is 21.8 Å². The molecule has 0 saturated carbocycles. The van der Waals surface area contributed by atoms with Crippen LogP contribution in [0.3, 0.4) is 0 Å². The standard InChI is InChI=1S/C20H18S.C18H14OS.C17H13BrS.C17H12O2S.C17H14OS.C14H11BrO.C4H5BO2S.C4H8O.C3H6.BS.BrH.Mg.V.Y.H/c1-2-3-5-16-7-9-17(10-8-16)18-11-13-19(14-12-18)20-6-4-15-21-20;1-13(19)14-4-6-15(7-5-14)16-8-10-17(11-9-16)18-3-2-12-20-18;18-12-13-3-5-14(6-4-13)15-7-9-16(10-8-15)17-2-1-11-19-17;18-17(19)15-9-5-13(6-10-15)12-3-7-14(8-4-12)16-2-1-11-20-16;18-12-13-3-5-14(6-4-13)15-7-9-16(10-8-15)17-2-1-11-19-17;1-10(16)11-2-4-12(5-3-11)13-6-8-14(15)9-7-13;6-5(7)4-2-1-3-8-4;1-2-4-5-3-1;1-3-2;1-2;;;;;/h2,4,6-15H,1,3,5H2;2-12H,1H3;1-11H,12H2;1-11H,(H,18,19);1-11,18H,12H2;2-9H,1H3;1-3,6-7H;1-4H2;3H,1H2,2H3;;1H;;;;/q;;;;;;;;;-1;;+2;;;-1/p-1. The number of carbonyl (C=O) groups excluding carboxylic acids is 2. The van der Waals surface area contributed by atoms with Gasteiger partial charge in [-0.25, -0.2) is 4.79 Å². The number of hydrogen-bond acceptors (Lipinski definition) is 14. The van der Waals surface area contributed by atoms with Crippen LogP contribution in [0.5, 0.6) is 0 Å². The number of hydrogen-bond donors (Lipinski definition) is 4. The van der Waals surface area contributed by atoms with Gasteiger partial charge in [-0.3, -0.25) is 9.59 Å². The van der Waals surface area contributed by atoms with Gasteiger partial charge in [0.1, 0.15) is 0 Å². The van der Waals surface area contributed by atoms with E-state index in [1.165, 1.54) is 126 Å². The Morgan fingerprint density at radius 3 is 0.810 bits per heavy atom. The zero-order chi connectivity index (χ0) is 94.3. The van der Waals surface area contributed by atoms with Crippen molar-refractivity contribution in [2.45, 2.75) is 58.4 Å². The summed E-state index contributed by atoms with van der Waals surface area (Å²) >= 11 is 20.6. The van der Waals surface area contributed by atoms with Crippen LogP contribution in [0.15, 0.2) is 426 Å². The number of benzene rings is 12. The molecule has 18 aromatic rings. The van der Waals surface area contributed by atoms with Gasteiger partial charge in [0.15, 0.2) is 11.6 Å². The maximum atomic E-state index is 11.3. The first-order valence-corrected chi connectivity index (χ1v) is 50.5. The summed E-state index contributed by atoms with van der Waals surface area (Å²) in [4.78, 5) is 39.7. The molecule has 686 valence electrons. The minimum atomic E-state index is -1.30. The molecule has 0 aliphatic carbocycles. The van der Waals surface area contributed by atoms with Crippen LogP contribution in [0.25, 0.3) is 119 Å². The summed E-state index contributed by atoms with van der Waals surface area (Å²) in [6, 6.07) is 123. The number of aryl methyl sites for hydroxylation is 1. The van der Waals surface area contributed by atoms with Gasteiger partial charge in [0.2, 0.25) is 0 Å². The second-order valence-electron chi connectivity index (χ2n) is 29.8. The number of Topliss-reactive ketones (excluding diaryl/α,β-unsaturated/α-hetero) is 2. The van der Waals surface area contributed by atoms with E-state index >= 15 is 0 Å². The Bertz CT molecular complexity index is 6100. The van der Waals surface area contributed by atoms with Crippen LogP contribution in [0.4, 0.5) is 0 Å². The molecule has 1 fully saturated rings. The molecular formula is C114H102B2Br3MgO8S7VY-. The Labute approximate surface area is 920 Å². The fourth-order valence-corrected chi connectivity index (χ4v) is 18.2. The van der Waals surface area contributed by atoms with Crippen LogP contribution in [0.1, 0.15) is 89.2 Å². The van der Waals surface area contributed by atoms with Crippen LogP contribution in [0, 0.1) is 0 Å². The van der Waals surface area contributed by atoms with Gasteiger partial charge in [0.05, 0.1) is 12.2 Å². The number of aliphatic hydroxyl groups excluding tert-OH is 1. The van der Waals surface area contributed by atoms with E-state index in [0.717, 1.165) is 80.4 Å². The van der Waals surface area contributed by atoms with Crippen molar-refractivity contribution in [1.82, 2.24) is 0 Å². The van der Waals surface area contributed by atoms with Gasteiger partial charge in [-0.1, -0.05) is 353 Å². The Morgan fingerprint density at radius 1 is 0.387 bits per heavy atom. The Balaban J connectivity index is 0.000000280. The molecule has 1 saturated heterocycles. The molecule has 23 heteroatoms. The Hall–Kier alpha value is -8.66. The predicted octanol–water partition coefficient (Wildman–Crippen LogP) is 28.9. The number of ketones is 2. The number of aliphatic hydroxyl groups is 1. The smallest absolute Gasteiger partial charge is 1.00 e. The first-order chi connectivity index (χ1) is 65.0. The molecule has 0 amide bonds. The second-order valence-corrected chi connectivity index (χ2v) is 37.0. The zero-order valence-electron chi connectivity index (χ0n) is 77.1. The Morgan fingerprint density at radius 2 is 0.613 bits per heavy atom. The number of alkyl halides is 1. The van der Waals surface area contributed by atoms with Crippen LogP contribution in [0.2, 0.25) is 0 Å². The van der Waals surface area contributed by atoms with Crippen LogP contribution in [-0.4, -0.2) is 88.3 Å². The fraction of sp³-hybridized carbons (Fsp3) is 0.0965. The quantitative estimate of drug-likeness (QED) is 0.0193. The van der Waals surface area contributed by atoms with Gasteiger partial charge in [-0.15, -0.1) is 69.8 Å². The molecule has 1 aliphatic heterocycles. The van der Waals surface area contributed by atoms with Crippen molar-refractivity contribution >= 4 is 172 Å². The largest absolute Gasteiger partial charge is 2.00 e. The summed E-state index contributed by atoms with van der Waals surface area (Å²) in [6.45, 7) is 14.3. The number of ether oxygens (including phenoxy) is 1. The third-order valence-electron chi connectivity index (χ3n) is 20.5. The van der Waals surface area contributed by atoms with E-state index in [4.69, 9.17) is 25.0 Å². The molecule has 8 nitrogen and oxygen atoms in total. The number of carboxylic acids is 1. The summed E-state index contributed by atoms with van der Waals surface area (Å²) in [7, 11) is 2.79. The van der Waals surface area contributed by atoms with Crippen LogP contribution in [-0.2, 0) is 86.8 Å². The molecule has 0 bridgehead atoms. The summed E-state index contributed by atoms with van der Waals surface area (Å²) in [6.07, 6.45) is 8.38. The normalized spacial score (nSPS) is 10.3. The van der Waals surface area contributed by atoms with E-state index in [1.54, 1.807) is 106 Å². The zero-order valence-corrected chi connectivity index (χ0v) is 92.3. The SMILES string of the molecule is BrCc1ccc(-c2ccc(-c3cccs3)cc2)cc1.C1CCOC1.C=CC.C=CCCc1ccc(-c2ccc(-c3cccs3)cc2)cc1.CC(=O)c1ccc(-c2ccc(-c3cccs3)cc2)cc1.CC(=O)c1ccc(-c2ccc(Br)cc2)cc1.O=C(O)c1ccc(-c2ccc(-c3cccs3)cc2)cc1.OB(O)c1cccs1.OCc1ccc(-c2ccc(-c3cccs3)cc2)cc1.[B][S-].[Br-].[H-].[Mg+2].[V].[Y]. The number of allylic oxidation sites excluding steroid dienone is 2. The molecule has 7 heterocycles. The molecule has 4 radical (unpaired) electrons. The van der Waals surface area contributed by atoms with Crippen molar-refractivity contribution in [3.8, 4) is 119 Å². The van der Waals surface area contributed by atoms with Gasteiger partial charge in [-0.2, -0.15) is 18.5 Å². The number of halogens is 3. The van der Waals surface area contributed by atoms with E-state index in [9.17, 15) is 14.4 Å². The van der Waals surface area contributed by atoms with Gasteiger partial charge in [0, 0.05) is 115 Å². The van der Waals surface area contributed by atoms with E-state index in [1.807, 2.05) is 128 Å². The van der Waals surface area contributed by atoms with Crippen molar-refractivity contribution in [1.29, 1.82) is 0 Å². The molecule has 12 aromatic carbocycles. The van der Waals surface area contributed by atoms with Gasteiger partial charge in [-0.05, 0) is 245 Å². The topological polar surface area (TPSA) is 141 Å². The second kappa shape index (κ2) is 65.4. The summed E-state index contributed by atoms with van der Waals surface area (Å²) in [5, 5.41) is 48.1. The molecule has 19 rings (SSSR count). The first-order valence-electron chi connectivity index (χ1n) is 42.8. The molecule has 1 aliphatic rings. The maximum Gasteiger partial charge on any atom is 2.00 e. The molecule has 4 N–H and O–H groups in total. The van der Waals surface area contributed by atoms with Crippen LogP contribution >= 0.6 is 99.9 Å². The number of thiophene rings is 6. The summed E-state index contributed by atoms with van der Waals surface area (Å²) < 4.78 is 6.60. The van der Waals surface area contributed by atoms with Gasteiger partial charge >= 0.3 is 36.1 Å². The molecule has 0 spiro atoms. The summed E-state index contributed by atoms with van der Waals surface area (Å²) in [5.74, 6) is -0.698. The van der Waals surface area contributed by atoms with Gasteiger partial charge in [0.25, 0.3) is 0 Å². The van der Waals surface area contributed by atoms with Crippen molar-refractivity contribution in [2.24, 2.45) is 0 Å². The molecule has 137 heavy (non-hydrogen) atoms. The predicted molar refractivity (Wildman–Crippen MR) is 590 cm³/mol. The molecule has 0 unspecified atom stereocenters.